The van der Waals surface area contributed by atoms with Gasteiger partial charge in [0, 0.05) is 58.1 Å². The molecule has 5 heterocycles. The number of imidazole rings is 1. The summed E-state index contributed by atoms with van der Waals surface area (Å²) in [4.78, 5) is 39.5. The molecule has 2 N–H and O–H groups in total. The van der Waals surface area contributed by atoms with E-state index in [9.17, 15) is 18.0 Å². The SMILES string of the molecule is CCC1CN(c2nc3c(N4CCOCC4)nc(-c4cnc(N)nc4)nc3n2CC(F)(F)F)CCN1C(C)=O. The van der Waals surface area contributed by atoms with E-state index in [1.165, 1.54) is 19.3 Å². The molecule has 3 aromatic rings. The van der Waals surface area contributed by atoms with Gasteiger partial charge in [0.1, 0.15) is 6.54 Å². The number of amides is 1. The lowest BCUT2D eigenvalue weighted by molar-refractivity contribution is -0.139. The molecule has 0 radical (unpaired) electrons. The van der Waals surface area contributed by atoms with Crippen LogP contribution in [0.5, 0.6) is 0 Å². The van der Waals surface area contributed by atoms with E-state index in [0.29, 0.717) is 63.7 Å². The summed E-state index contributed by atoms with van der Waals surface area (Å²) in [6.45, 7) is 5.17. The topological polar surface area (TPSA) is 131 Å². The van der Waals surface area contributed by atoms with Crippen LogP contribution in [0.2, 0.25) is 0 Å². The van der Waals surface area contributed by atoms with Gasteiger partial charge in [-0.15, -0.1) is 0 Å². The summed E-state index contributed by atoms with van der Waals surface area (Å²) in [5.41, 5.74) is 6.36. The minimum Gasteiger partial charge on any atom is -0.378 e. The molecule has 0 bridgehead atoms. The number of hydrogen-bond acceptors (Lipinski definition) is 10. The number of rotatable bonds is 5. The highest BCUT2D eigenvalue weighted by atomic mass is 19.4. The van der Waals surface area contributed by atoms with Crippen molar-refractivity contribution >= 4 is 34.8 Å². The number of ether oxygens (including phenoxy) is 1. The Kier molecular flexibility index (Phi) is 6.94. The molecule has 15 heteroatoms. The summed E-state index contributed by atoms with van der Waals surface area (Å²) in [6, 6.07) is -0.146. The number of piperazine rings is 1. The Bertz CT molecular complexity index is 1310. The first-order valence-corrected chi connectivity index (χ1v) is 12.4. The van der Waals surface area contributed by atoms with E-state index in [2.05, 4.69) is 15.0 Å². The summed E-state index contributed by atoms with van der Waals surface area (Å²) in [5.74, 6) is 0.732. The molecule has 2 fully saturated rings. The third-order valence-electron chi connectivity index (χ3n) is 6.78. The van der Waals surface area contributed by atoms with Crippen LogP contribution in [0.1, 0.15) is 20.3 Å². The smallest absolute Gasteiger partial charge is 0.378 e. The average Bonchev–Trinajstić information content (AvgIpc) is 3.25. The standard InChI is InChI=1S/C23H29F3N10O2/c1-3-16-12-34(4-5-35(16)14(2)37)22-30-17-19(33-6-8-38-9-7-33)31-18(15-10-28-21(27)29-11-15)32-20(17)36(22)13-23(24,25)26/h10-11,16H,3-9,12-13H2,1-2H3,(H2,27,28,29). The number of fused-ring (bicyclic) bond motifs is 1. The van der Waals surface area contributed by atoms with Crippen molar-refractivity contribution in [1.82, 2.24) is 34.4 Å². The zero-order chi connectivity index (χ0) is 27.0. The van der Waals surface area contributed by atoms with Gasteiger partial charge in [-0.05, 0) is 6.42 Å². The number of morpholine rings is 1. The van der Waals surface area contributed by atoms with Gasteiger partial charge in [-0.1, -0.05) is 6.92 Å². The Labute approximate surface area is 216 Å². The first kappa shape index (κ1) is 25.9. The molecule has 5 rings (SSSR count). The van der Waals surface area contributed by atoms with E-state index in [0.717, 1.165) is 4.57 Å². The van der Waals surface area contributed by atoms with Crippen LogP contribution in [0.3, 0.4) is 0 Å². The number of anilines is 3. The Morgan fingerprint density at radius 1 is 1.08 bits per heavy atom. The summed E-state index contributed by atoms with van der Waals surface area (Å²) in [7, 11) is 0. The van der Waals surface area contributed by atoms with Crippen molar-refractivity contribution in [2.75, 3.05) is 61.5 Å². The maximum absolute atomic E-state index is 13.9. The van der Waals surface area contributed by atoms with Gasteiger partial charge < -0.3 is 25.2 Å². The van der Waals surface area contributed by atoms with Crippen LogP contribution in [-0.2, 0) is 16.1 Å². The summed E-state index contributed by atoms with van der Waals surface area (Å²) in [5, 5.41) is 0. The highest BCUT2D eigenvalue weighted by Gasteiger charge is 2.36. The van der Waals surface area contributed by atoms with E-state index in [1.54, 1.807) is 9.80 Å². The number of halogens is 3. The molecule has 204 valence electrons. The molecule has 0 aromatic carbocycles. The van der Waals surface area contributed by atoms with E-state index in [-0.39, 0.29) is 40.8 Å². The number of nitrogen functional groups attached to an aromatic ring is 1. The van der Waals surface area contributed by atoms with E-state index >= 15 is 0 Å². The van der Waals surface area contributed by atoms with Gasteiger partial charge in [-0.3, -0.25) is 9.36 Å². The number of nitrogens with two attached hydrogens (primary N) is 1. The van der Waals surface area contributed by atoms with Crippen LogP contribution in [-0.4, -0.2) is 98.4 Å². The monoisotopic (exact) mass is 534 g/mol. The minimum atomic E-state index is -4.53. The van der Waals surface area contributed by atoms with Crippen molar-refractivity contribution in [3.8, 4) is 11.4 Å². The van der Waals surface area contributed by atoms with Gasteiger partial charge in [0.25, 0.3) is 0 Å². The highest BCUT2D eigenvalue weighted by Crippen LogP contribution is 2.34. The largest absolute Gasteiger partial charge is 0.406 e. The van der Waals surface area contributed by atoms with Crippen molar-refractivity contribution in [3.05, 3.63) is 12.4 Å². The lowest BCUT2D eigenvalue weighted by Crippen LogP contribution is -2.55. The van der Waals surface area contributed by atoms with Crippen LogP contribution in [0.25, 0.3) is 22.6 Å². The fourth-order valence-corrected chi connectivity index (χ4v) is 4.92. The van der Waals surface area contributed by atoms with Gasteiger partial charge in [-0.25, -0.2) is 24.9 Å². The zero-order valence-corrected chi connectivity index (χ0v) is 21.1. The van der Waals surface area contributed by atoms with Crippen molar-refractivity contribution < 1.29 is 22.7 Å². The number of alkyl halides is 3. The maximum Gasteiger partial charge on any atom is 0.406 e. The molecule has 3 aromatic heterocycles. The van der Waals surface area contributed by atoms with Crippen LogP contribution in [0, 0.1) is 0 Å². The number of hydrogen-bond donors (Lipinski definition) is 1. The number of aromatic nitrogens is 6. The summed E-state index contributed by atoms with van der Waals surface area (Å²) < 4.78 is 48.3. The van der Waals surface area contributed by atoms with Crippen LogP contribution in [0.4, 0.5) is 30.9 Å². The third kappa shape index (κ3) is 5.14. The Morgan fingerprint density at radius 2 is 1.79 bits per heavy atom. The van der Waals surface area contributed by atoms with Crippen LogP contribution in [0.15, 0.2) is 12.4 Å². The predicted molar refractivity (Wildman–Crippen MR) is 134 cm³/mol. The first-order valence-electron chi connectivity index (χ1n) is 12.4. The molecule has 0 spiro atoms. The van der Waals surface area contributed by atoms with Crippen molar-refractivity contribution in [2.45, 2.75) is 39.0 Å². The van der Waals surface area contributed by atoms with Crippen LogP contribution < -0.4 is 15.5 Å². The molecule has 1 amide bonds. The molecule has 1 atom stereocenters. The maximum atomic E-state index is 13.9. The quantitative estimate of drug-likeness (QED) is 0.516. The van der Waals surface area contributed by atoms with Crippen LogP contribution >= 0.6 is 0 Å². The molecule has 0 aliphatic carbocycles. The summed E-state index contributed by atoms with van der Waals surface area (Å²) in [6.07, 6.45) is -0.992. The van der Waals surface area contributed by atoms with Crippen molar-refractivity contribution in [1.29, 1.82) is 0 Å². The van der Waals surface area contributed by atoms with Gasteiger partial charge in [0.2, 0.25) is 17.8 Å². The molecule has 1 unspecified atom stereocenters. The minimum absolute atomic E-state index is 0.0580. The zero-order valence-electron chi connectivity index (χ0n) is 21.1. The van der Waals surface area contributed by atoms with Gasteiger partial charge in [-0.2, -0.15) is 13.2 Å². The van der Waals surface area contributed by atoms with Gasteiger partial charge in [0.15, 0.2) is 22.8 Å². The second kappa shape index (κ2) is 10.2. The molecule has 12 nitrogen and oxygen atoms in total. The number of carbonyl (C=O) groups is 1. The second-order valence-electron chi connectivity index (χ2n) is 9.31. The van der Waals surface area contributed by atoms with Crippen molar-refractivity contribution in [2.24, 2.45) is 0 Å². The molecule has 2 aliphatic rings. The van der Waals surface area contributed by atoms with Gasteiger partial charge in [0.05, 0.1) is 18.8 Å². The molecular formula is C23H29F3N10O2. The molecule has 38 heavy (non-hydrogen) atoms. The second-order valence-corrected chi connectivity index (χ2v) is 9.31. The lowest BCUT2D eigenvalue weighted by atomic mass is 10.1. The Hall–Kier alpha value is -3.75. The van der Waals surface area contributed by atoms with Crippen molar-refractivity contribution in [3.63, 3.8) is 0 Å². The number of nitrogens with zero attached hydrogens (tertiary/aromatic N) is 9. The van der Waals surface area contributed by atoms with Gasteiger partial charge >= 0.3 is 6.18 Å². The highest BCUT2D eigenvalue weighted by molar-refractivity contribution is 5.88. The Balaban J connectivity index is 1.68. The fourth-order valence-electron chi connectivity index (χ4n) is 4.92. The average molecular weight is 535 g/mol. The lowest BCUT2D eigenvalue weighted by Gasteiger charge is -2.41. The fraction of sp³-hybridized carbons (Fsp3) is 0.565. The molecule has 2 saturated heterocycles. The van der Waals surface area contributed by atoms with E-state index in [4.69, 9.17) is 20.4 Å². The van der Waals surface area contributed by atoms with E-state index < -0.39 is 12.7 Å². The first-order chi connectivity index (χ1) is 18.1. The third-order valence-corrected chi connectivity index (χ3v) is 6.78. The molecule has 2 aliphatic heterocycles. The van der Waals surface area contributed by atoms with E-state index in [1.807, 2.05) is 11.8 Å². The summed E-state index contributed by atoms with van der Waals surface area (Å²) >= 11 is 0. The predicted octanol–water partition coefficient (Wildman–Crippen LogP) is 1.71. The molecule has 0 saturated carbocycles. The molecular weight excluding hydrogens is 505 g/mol. The number of carbonyl (C=O) groups excluding carboxylic acids is 1. The Morgan fingerprint density at radius 3 is 2.42 bits per heavy atom. The normalized spacial score (nSPS) is 18.9.